The van der Waals surface area contributed by atoms with Crippen molar-refractivity contribution in [2.45, 2.75) is 38.2 Å². The quantitative estimate of drug-likeness (QED) is 0.526. The zero-order chi connectivity index (χ0) is 21.6. The van der Waals surface area contributed by atoms with Gasteiger partial charge in [-0.15, -0.1) is 0 Å². The van der Waals surface area contributed by atoms with E-state index in [1.807, 2.05) is 21.9 Å². The van der Waals surface area contributed by atoms with E-state index in [2.05, 4.69) is 16.9 Å². The molecule has 8 heteroatoms. The summed E-state index contributed by atoms with van der Waals surface area (Å²) in [5, 5.41) is 8.70. The van der Waals surface area contributed by atoms with E-state index >= 15 is 0 Å². The van der Waals surface area contributed by atoms with E-state index in [0.717, 1.165) is 25.9 Å². The molecule has 0 bridgehead atoms. The molecule has 0 radical (unpaired) electrons. The number of nitrogens with one attached hydrogen (secondary N) is 1. The van der Waals surface area contributed by atoms with Gasteiger partial charge in [-0.2, -0.15) is 0 Å². The fourth-order valence-corrected chi connectivity index (χ4v) is 3.88. The molecule has 2 aromatic rings. The Bertz CT molecular complexity index is 1030. The SMILES string of the molecule is CC1(Oc2ccc(N)c(C(=N)c3cc(N4CCN(CC5CC5)C(=O)C4)ncn3)c2)CC1. The van der Waals surface area contributed by atoms with Gasteiger partial charge in [0.1, 0.15) is 23.5 Å². The lowest BCUT2D eigenvalue weighted by molar-refractivity contribution is -0.131. The first-order valence-corrected chi connectivity index (χ1v) is 10.9. The summed E-state index contributed by atoms with van der Waals surface area (Å²) in [7, 11) is 0. The summed E-state index contributed by atoms with van der Waals surface area (Å²) in [5.41, 5.74) is 7.83. The van der Waals surface area contributed by atoms with Gasteiger partial charge in [0.25, 0.3) is 0 Å². The van der Waals surface area contributed by atoms with E-state index in [1.165, 1.54) is 19.2 Å². The van der Waals surface area contributed by atoms with Crippen molar-refractivity contribution in [2.75, 3.05) is 36.8 Å². The summed E-state index contributed by atoms with van der Waals surface area (Å²) < 4.78 is 6.03. The van der Waals surface area contributed by atoms with Crippen LogP contribution in [0.1, 0.15) is 43.9 Å². The van der Waals surface area contributed by atoms with Crippen LogP contribution in [-0.4, -0.2) is 58.3 Å². The number of nitrogens with zero attached hydrogens (tertiary/aromatic N) is 4. The van der Waals surface area contributed by atoms with Crippen LogP contribution in [-0.2, 0) is 4.79 Å². The Labute approximate surface area is 181 Å². The number of nitrogens with two attached hydrogens (primary N) is 1. The van der Waals surface area contributed by atoms with Gasteiger partial charge in [-0.25, -0.2) is 9.97 Å². The van der Waals surface area contributed by atoms with Crippen molar-refractivity contribution in [3.05, 3.63) is 41.9 Å². The smallest absolute Gasteiger partial charge is 0.242 e. The molecule has 1 aliphatic heterocycles. The van der Waals surface area contributed by atoms with Crippen LogP contribution in [0.4, 0.5) is 11.5 Å². The third kappa shape index (κ3) is 4.33. The number of amides is 1. The molecule has 3 fully saturated rings. The maximum absolute atomic E-state index is 12.6. The average molecular weight is 421 g/mol. The van der Waals surface area contributed by atoms with Crippen LogP contribution < -0.4 is 15.4 Å². The van der Waals surface area contributed by atoms with Crippen molar-refractivity contribution in [3.63, 3.8) is 0 Å². The second-order valence-electron chi connectivity index (χ2n) is 9.14. The third-order valence-electron chi connectivity index (χ3n) is 6.34. The van der Waals surface area contributed by atoms with E-state index in [-0.39, 0.29) is 17.2 Å². The van der Waals surface area contributed by atoms with Crippen molar-refractivity contribution in [1.82, 2.24) is 14.9 Å². The lowest BCUT2D eigenvalue weighted by atomic mass is 10.0. The number of benzene rings is 1. The molecular weight excluding hydrogens is 392 g/mol. The van der Waals surface area contributed by atoms with Crippen molar-refractivity contribution < 1.29 is 9.53 Å². The molecule has 5 rings (SSSR count). The van der Waals surface area contributed by atoms with E-state index in [4.69, 9.17) is 15.9 Å². The Morgan fingerprint density at radius 2 is 2.06 bits per heavy atom. The Morgan fingerprint density at radius 1 is 1.26 bits per heavy atom. The topological polar surface area (TPSA) is 108 Å². The molecule has 0 atom stereocenters. The maximum Gasteiger partial charge on any atom is 0.242 e. The average Bonchev–Trinajstić information content (AvgIpc) is 3.70. The standard InChI is InChI=1S/C23H28N6O2/c1-23(6-7-23)31-16-4-5-18(24)17(10-16)22(25)19-11-20(27-14-26-19)28-8-9-29(21(30)13-28)12-15-2-3-15/h4-5,10-11,14-15,25H,2-3,6-9,12-13,24H2,1H3. The van der Waals surface area contributed by atoms with Crippen LogP contribution in [0.2, 0.25) is 0 Å². The van der Waals surface area contributed by atoms with Crippen LogP contribution in [0.25, 0.3) is 0 Å². The highest BCUT2D eigenvalue weighted by Gasteiger charge is 2.40. The Morgan fingerprint density at radius 3 is 2.77 bits per heavy atom. The van der Waals surface area contributed by atoms with Crippen molar-refractivity contribution in [3.8, 4) is 5.75 Å². The van der Waals surface area contributed by atoms with E-state index in [1.54, 1.807) is 12.1 Å². The molecule has 3 N–H and O–H groups in total. The molecule has 2 aliphatic carbocycles. The van der Waals surface area contributed by atoms with Crippen molar-refractivity contribution >= 4 is 23.1 Å². The van der Waals surface area contributed by atoms with Crippen molar-refractivity contribution in [1.29, 1.82) is 5.41 Å². The van der Waals surface area contributed by atoms with E-state index in [9.17, 15) is 4.79 Å². The maximum atomic E-state index is 12.6. The van der Waals surface area contributed by atoms with Gasteiger partial charge in [0.15, 0.2) is 0 Å². The highest BCUT2D eigenvalue weighted by Crippen LogP contribution is 2.40. The molecule has 8 nitrogen and oxygen atoms in total. The minimum Gasteiger partial charge on any atom is -0.488 e. The minimum atomic E-state index is -0.105. The molecule has 1 aromatic carbocycles. The molecule has 1 amide bonds. The number of rotatable bonds is 7. The molecule has 1 saturated heterocycles. The fourth-order valence-electron chi connectivity index (χ4n) is 3.88. The lowest BCUT2D eigenvalue weighted by Crippen LogP contribution is -2.51. The molecule has 0 spiro atoms. The first-order chi connectivity index (χ1) is 14.9. The minimum absolute atomic E-state index is 0.105. The van der Waals surface area contributed by atoms with Gasteiger partial charge in [0, 0.05) is 37.0 Å². The highest BCUT2D eigenvalue weighted by atomic mass is 16.5. The zero-order valence-corrected chi connectivity index (χ0v) is 17.8. The number of aromatic nitrogens is 2. The summed E-state index contributed by atoms with van der Waals surface area (Å²) in [5.74, 6) is 2.19. The van der Waals surface area contributed by atoms with E-state index in [0.29, 0.717) is 47.5 Å². The van der Waals surface area contributed by atoms with Gasteiger partial charge in [-0.1, -0.05) is 0 Å². The summed E-state index contributed by atoms with van der Waals surface area (Å²) in [4.78, 5) is 25.1. The van der Waals surface area contributed by atoms with Gasteiger partial charge in [-0.3, -0.25) is 10.2 Å². The summed E-state index contributed by atoms with van der Waals surface area (Å²) in [6, 6.07) is 7.18. The van der Waals surface area contributed by atoms with Crippen LogP contribution >= 0.6 is 0 Å². The zero-order valence-electron chi connectivity index (χ0n) is 17.8. The van der Waals surface area contributed by atoms with Gasteiger partial charge in [-0.05, 0) is 56.7 Å². The highest BCUT2D eigenvalue weighted by molar-refractivity contribution is 6.13. The van der Waals surface area contributed by atoms with Gasteiger partial charge in [0.05, 0.1) is 18.0 Å². The molecule has 3 aliphatic rings. The van der Waals surface area contributed by atoms with Crippen LogP contribution in [0.15, 0.2) is 30.6 Å². The van der Waals surface area contributed by atoms with E-state index < -0.39 is 0 Å². The largest absolute Gasteiger partial charge is 0.488 e. The van der Waals surface area contributed by atoms with Crippen LogP contribution in [0, 0.1) is 11.3 Å². The molecule has 1 aromatic heterocycles. The number of carbonyl (C=O) groups excluding carboxylic acids is 1. The molecule has 31 heavy (non-hydrogen) atoms. The summed E-state index contributed by atoms with van der Waals surface area (Å²) in [6.45, 7) is 4.70. The molecule has 2 saturated carbocycles. The second kappa shape index (κ2) is 7.51. The number of nitrogen functional groups attached to an aromatic ring is 1. The number of carbonyl (C=O) groups is 1. The third-order valence-corrected chi connectivity index (χ3v) is 6.34. The molecule has 0 unspecified atom stereocenters. The number of hydrogen-bond acceptors (Lipinski definition) is 7. The van der Waals surface area contributed by atoms with Crippen LogP contribution in [0.3, 0.4) is 0 Å². The Kier molecular flexibility index (Phi) is 4.79. The number of hydrogen-bond donors (Lipinski definition) is 2. The first-order valence-electron chi connectivity index (χ1n) is 10.9. The summed E-state index contributed by atoms with van der Waals surface area (Å²) >= 11 is 0. The number of piperazine rings is 1. The monoisotopic (exact) mass is 420 g/mol. The number of ether oxygens (including phenoxy) is 1. The molecule has 162 valence electrons. The first kappa shape index (κ1) is 19.8. The van der Waals surface area contributed by atoms with Gasteiger partial charge < -0.3 is 20.3 Å². The Hall–Kier alpha value is -3.16. The van der Waals surface area contributed by atoms with Gasteiger partial charge >= 0.3 is 0 Å². The van der Waals surface area contributed by atoms with Gasteiger partial charge in [0.2, 0.25) is 5.91 Å². The molecule has 2 heterocycles. The normalized spacial score (nSPS) is 20.0. The van der Waals surface area contributed by atoms with Crippen LogP contribution in [0.5, 0.6) is 5.75 Å². The lowest BCUT2D eigenvalue weighted by Gasteiger charge is -2.35. The van der Waals surface area contributed by atoms with Crippen molar-refractivity contribution in [2.24, 2.45) is 5.92 Å². The predicted octanol–water partition coefficient (Wildman–Crippen LogP) is 2.46. The fraction of sp³-hybridized carbons (Fsp3) is 0.478. The summed E-state index contributed by atoms with van der Waals surface area (Å²) in [6.07, 6.45) is 5.99. The number of anilines is 2. The second-order valence-corrected chi connectivity index (χ2v) is 9.14. The predicted molar refractivity (Wildman–Crippen MR) is 119 cm³/mol. The molecular formula is C23H28N6O2. The Balaban J connectivity index is 1.32.